The molecule has 1 amide bonds. The van der Waals surface area contributed by atoms with Crippen molar-refractivity contribution in [3.05, 3.63) is 35.4 Å². The van der Waals surface area contributed by atoms with Gasteiger partial charge in [0.05, 0.1) is 5.71 Å². The highest BCUT2D eigenvalue weighted by molar-refractivity contribution is 6.03. The molecule has 0 radical (unpaired) electrons. The number of aryl methyl sites for hydroxylation is 1. The second-order valence-electron chi connectivity index (χ2n) is 4.71. The summed E-state index contributed by atoms with van der Waals surface area (Å²) in [6.07, 6.45) is 5.69. The first kappa shape index (κ1) is 12.8. The molecule has 0 unspecified atom stereocenters. The smallest absolute Gasteiger partial charge is 0.240 e. The number of rotatable bonds is 4. The summed E-state index contributed by atoms with van der Waals surface area (Å²) in [5.74, 6) is 0.0207. The number of carbonyl (C=O) groups excluding carboxylic acids is 1. The minimum absolute atomic E-state index is 0.0207. The van der Waals surface area contributed by atoms with Gasteiger partial charge >= 0.3 is 0 Å². The molecule has 1 aromatic carbocycles. The number of nitrogens with zero attached hydrogens (tertiary/aromatic N) is 1. The van der Waals surface area contributed by atoms with Crippen LogP contribution < -0.4 is 5.43 Å². The minimum atomic E-state index is 0.0207. The number of hydrogen-bond donors (Lipinski definition) is 1. The van der Waals surface area contributed by atoms with E-state index in [9.17, 15) is 4.79 Å². The van der Waals surface area contributed by atoms with Gasteiger partial charge in [-0.2, -0.15) is 5.10 Å². The highest BCUT2D eigenvalue weighted by Gasteiger charge is 2.14. The molecule has 1 aromatic rings. The van der Waals surface area contributed by atoms with E-state index in [4.69, 9.17) is 0 Å². The van der Waals surface area contributed by atoms with Gasteiger partial charge in [-0.3, -0.25) is 4.79 Å². The van der Waals surface area contributed by atoms with Gasteiger partial charge in [0, 0.05) is 12.0 Å². The maximum atomic E-state index is 11.5. The normalized spacial score (nSPS) is 16.4. The molecule has 0 bridgehead atoms. The van der Waals surface area contributed by atoms with E-state index in [0.29, 0.717) is 6.42 Å². The molecule has 0 heterocycles. The molecule has 0 aromatic heterocycles. The molecule has 0 saturated carbocycles. The molecule has 0 aliphatic heterocycles. The lowest BCUT2D eigenvalue weighted by Gasteiger charge is -2.17. The average Bonchev–Trinajstić information content (AvgIpc) is 2.42. The third-order valence-electron chi connectivity index (χ3n) is 3.26. The molecule has 3 nitrogen and oxygen atoms in total. The van der Waals surface area contributed by atoms with Crippen LogP contribution in [0.5, 0.6) is 0 Å². The third-order valence-corrected chi connectivity index (χ3v) is 3.26. The number of nitrogens with one attached hydrogen (secondary N) is 1. The molecule has 0 fully saturated rings. The summed E-state index contributed by atoms with van der Waals surface area (Å²) in [5, 5.41) is 4.29. The fourth-order valence-corrected chi connectivity index (χ4v) is 2.24. The zero-order valence-corrected chi connectivity index (χ0v) is 10.9. The lowest BCUT2D eigenvalue weighted by atomic mass is 9.90. The molecule has 1 aliphatic rings. The van der Waals surface area contributed by atoms with Gasteiger partial charge in [-0.05, 0) is 31.2 Å². The number of benzene rings is 1. The number of carbonyl (C=O) groups is 1. The minimum Gasteiger partial charge on any atom is -0.273 e. The number of fused-ring (bicyclic) bond motifs is 1. The topological polar surface area (TPSA) is 41.5 Å². The Balaban J connectivity index is 2.04. The van der Waals surface area contributed by atoms with Crippen LogP contribution in [-0.4, -0.2) is 11.6 Å². The van der Waals surface area contributed by atoms with Crippen molar-refractivity contribution in [2.24, 2.45) is 5.10 Å². The third kappa shape index (κ3) is 3.19. The Morgan fingerprint density at radius 3 is 3.00 bits per heavy atom. The van der Waals surface area contributed by atoms with Gasteiger partial charge in [0.25, 0.3) is 0 Å². The lowest BCUT2D eigenvalue weighted by molar-refractivity contribution is -0.121. The second kappa shape index (κ2) is 6.34. The van der Waals surface area contributed by atoms with Crippen molar-refractivity contribution in [2.75, 3.05) is 0 Å². The molecular formula is C15H20N2O. The quantitative estimate of drug-likeness (QED) is 0.813. The number of unbranched alkanes of at least 4 members (excludes halogenated alkanes) is 1. The fourth-order valence-electron chi connectivity index (χ4n) is 2.24. The Hall–Kier alpha value is -1.64. The summed E-state index contributed by atoms with van der Waals surface area (Å²) in [7, 11) is 0. The molecule has 0 saturated heterocycles. The van der Waals surface area contributed by atoms with E-state index < -0.39 is 0 Å². The van der Waals surface area contributed by atoms with Gasteiger partial charge in [0.15, 0.2) is 0 Å². The summed E-state index contributed by atoms with van der Waals surface area (Å²) >= 11 is 0. The van der Waals surface area contributed by atoms with Crippen LogP contribution in [0.1, 0.15) is 50.2 Å². The first-order valence-electron chi connectivity index (χ1n) is 6.75. The van der Waals surface area contributed by atoms with Crippen molar-refractivity contribution < 1.29 is 4.79 Å². The highest BCUT2D eigenvalue weighted by atomic mass is 16.2. The Morgan fingerprint density at radius 2 is 2.17 bits per heavy atom. The van der Waals surface area contributed by atoms with E-state index in [-0.39, 0.29) is 5.91 Å². The van der Waals surface area contributed by atoms with E-state index >= 15 is 0 Å². The first-order valence-corrected chi connectivity index (χ1v) is 6.75. The van der Waals surface area contributed by atoms with Crippen LogP contribution in [0.3, 0.4) is 0 Å². The van der Waals surface area contributed by atoms with Crippen LogP contribution in [0.2, 0.25) is 0 Å². The number of amides is 1. The largest absolute Gasteiger partial charge is 0.273 e. The Bertz CT molecular complexity index is 452. The van der Waals surface area contributed by atoms with Gasteiger partial charge in [-0.1, -0.05) is 37.6 Å². The van der Waals surface area contributed by atoms with Gasteiger partial charge in [0.2, 0.25) is 5.91 Å². The zero-order chi connectivity index (χ0) is 12.8. The standard InChI is InChI=1S/C15H20N2O/c1-2-3-11-15(18)17-16-14-10-6-8-12-7-4-5-9-13(12)14/h4-5,7,9H,2-3,6,8,10-11H2,1H3,(H,17,18)/b16-14-. The molecule has 3 heteroatoms. The van der Waals surface area contributed by atoms with Crippen molar-refractivity contribution >= 4 is 11.6 Å². The molecule has 1 N–H and O–H groups in total. The monoisotopic (exact) mass is 244 g/mol. The molecule has 2 rings (SSSR count). The van der Waals surface area contributed by atoms with E-state index in [0.717, 1.165) is 37.8 Å². The summed E-state index contributed by atoms with van der Waals surface area (Å²) in [6, 6.07) is 8.31. The first-order chi connectivity index (χ1) is 8.81. The average molecular weight is 244 g/mol. The molecular weight excluding hydrogens is 224 g/mol. The van der Waals surface area contributed by atoms with E-state index in [1.165, 1.54) is 11.1 Å². The maximum absolute atomic E-state index is 11.5. The Morgan fingerprint density at radius 1 is 1.33 bits per heavy atom. The van der Waals surface area contributed by atoms with Crippen molar-refractivity contribution in [3.63, 3.8) is 0 Å². The van der Waals surface area contributed by atoms with Crippen molar-refractivity contribution in [1.82, 2.24) is 5.43 Å². The molecule has 0 atom stereocenters. The van der Waals surface area contributed by atoms with Crippen LogP contribution in [-0.2, 0) is 11.2 Å². The van der Waals surface area contributed by atoms with Crippen molar-refractivity contribution in [1.29, 1.82) is 0 Å². The predicted octanol–water partition coefficient (Wildman–Crippen LogP) is 3.03. The van der Waals surface area contributed by atoms with Gasteiger partial charge in [-0.25, -0.2) is 5.43 Å². The van der Waals surface area contributed by atoms with Crippen LogP contribution in [0.15, 0.2) is 29.4 Å². The van der Waals surface area contributed by atoms with Crippen LogP contribution in [0, 0.1) is 0 Å². The van der Waals surface area contributed by atoms with Gasteiger partial charge in [-0.15, -0.1) is 0 Å². The van der Waals surface area contributed by atoms with Crippen LogP contribution in [0.4, 0.5) is 0 Å². The summed E-state index contributed by atoms with van der Waals surface area (Å²) in [4.78, 5) is 11.5. The van der Waals surface area contributed by atoms with Gasteiger partial charge < -0.3 is 0 Å². The van der Waals surface area contributed by atoms with E-state index in [1.807, 2.05) is 6.07 Å². The van der Waals surface area contributed by atoms with Crippen molar-refractivity contribution in [2.45, 2.75) is 45.4 Å². The van der Waals surface area contributed by atoms with Gasteiger partial charge in [0.1, 0.15) is 0 Å². The molecule has 0 spiro atoms. The molecule has 1 aliphatic carbocycles. The SMILES string of the molecule is CCCCC(=O)N/N=C1/CCCc2ccccc21. The predicted molar refractivity (Wildman–Crippen MR) is 73.6 cm³/mol. The van der Waals surface area contributed by atoms with Crippen LogP contribution in [0.25, 0.3) is 0 Å². The molecule has 18 heavy (non-hydrogen) atoms. The molecule has 96 valence electrons. The Kier molecular flexibility index (Phi) is 4.51. The highest BCUT2D eigenvalue weighted by Crippen LogP contribution is 2.21. The van der Waals surface area contributed by atoms with Crippen molar-refractivity contribution in [3.8, 4) is 0 Å². The summed E-state index contributed by atoms with van der Waals surface area (Å²) in [6.45, 7) is 2.08. The summed E-state index contributed by atoms with van der Waals surface area (Å²) < 4.78 is 0. The fraction of sp³-hybridized carbons (Fsp3) is 0.467. The Labute approximate surface area is 108 Å². The van der Waals surface area contributed by atoms with Crippen LogP contribution >= 0.6 is 0 Å². The van der Waals surface area contributed by atoms with E-state index in [2.05, 4.69) is 35.7 Å². The number of hydrazone groups is 1. The zero-order valence-electron chi connectivity index (χ0n) is 10.9. The summed E-state index contributed by atoms with van der Waals surface area (Å²) in [5.41, 5.74) is 6.22. The second-order valence-corrected chi connectivity index (χ2v) is 4.71. The lowest BCUT2D eigenvalue weighted by Crippen LogP contribution is -2.21. The number of hydrogen-bond acceptors (Lipinski definition) is 2. The van der Waals surface area contributed by atoms with E-state index in [1.54, 1.807) is 0 Å². The maximum Gasteiger partial charge on any atom is 0.240 e.